The van der Waals surface area contributed by atoms with Gasteiger partial charge in [0.25, 0.3) is 0 Å². The van der Waals surface area contributed by atoms with Crippen molar-refractivity contribution in [2.24, 2.45) is 11.8 Å². The van der Waals surface area contributed by atoms with Crippen LogP contribution in [-0.4, -0.2) is 50.8 Å². The van der Waals surface area contributed by atoms with Gasteiger partial charge in [-0.05, 0) is 87.7 Å². The number of likely N-dealkylation sites (tertiary alicyclic amines) is 1. The van der Waals surface area contributed by atoms with E-state index in [0.717, 1.165) is 56.5 Å². The van der Waals surface area contributed by atoms with E-state index < -0.39 is 21.8 Å². The molecule has 2 aliphatic rings. The molecule has 2 fully saturated rings. The summed E-state index contributed by atoms with van der Waals surface area (Å²) in [6, 6.07) is 3.73. The van der Waals surface area contributed by atoms with E-state index in [1.807, 2.05) is 0 Å². The minimum atomic E-state index is -4.47. The number of halogens is 3. The molecule has 0 N–H and O–H groups in total. The summed E-state index contributed by atoms with van der Waals surface area (Å²) < 4.78 is 64.7. The molecule has 158 valence electrons. The average molecular weight is 419 g/mol. The lowest BCUT2D eigenvalue weighted by atomic mass is 9.82. The van der Waals surface area contributed by atoms with Crippen LogP contribution in [0.15, 0.2) is 29.2 Å². The number of rotatable bonds is 6. The standard InChI is InChI=1S/C20H29F3N2O2S/c1-24(28(26,27)19-10-8-18(9-11-19)20(21,22)23)14-16-4-6-17(7-5-16)15-25-12-2-3-13-25/h8-11,16-17H,2-7,12-15H2,1H3. The van der Waals surface area contributed by atoms with E-state index in [4.69, 9.17) is 0 Å². The molecule has 0 amide bonds. The first-order valence-electron chi connectivity index (χ1n) is 10.0. The first-order valence-corrected chi connectivity index (χ1v) is 11.5. The second kappa shape index (κ2) is 8.71. The summed E-state index contributed by atoms with van der Waals surface area (Å²) in [5, 5.41) is 0. The fraction of sp³-hybridized carbons (Fsp3) is 0.700. The fourth-order valence-electron chi connectivity index (χ4n) is 4.38. The normalized spacial score (nSPS) is 24.8. The summed E-state index contributed by atoms with van der Waals surface area (Å²) in [5.74, 6) is 1.01. The van der Waals surface area contributed by atoms with Gasteiger partial charge < -0.3 is 4.90 Å². The molecule has 0 spiro atoms. The Bertz CT molecular complexity index is 736. The number of benzene rings is 1. The maximum Gasteiger partial charge on any atom is 0.416 e. The Kier molecular flexibility index (Phi) is 6.72. The van der Waals surface area contributed by atoms with Crippen LogP contribution in [0.3, 0.4) is 0 Å². The third-order valence-corrected chi connectivity index (χ3v) is 7.92. The van der Waals surface area contributed by atoms with E-state index in [2.05, 4.69) is 4.90 Å². The van der Waals surface area contributed by atoms with Gasteiger partial charge in [-0.25, -0.2) is 12.7 Å². The quantitative estimate of drug-likeness (QED) is 0.694. The Labute approximate surface area is 165 Å². The zero-order valence-corrected chi connectivity index (χ0v) is 17.1. The first-order chi connectivity index (χ1) is 13.2. The first kappa shape index (κ1) is 21.6. The molecule has 0 atom stereocenters. The highest BCUT2D eigenvalue weighted by molar-refractivity contribution is 7.89. The van der Waals surface area contributed by atoms with Crippen LogP contribution in [0.25, 0.3) is 0 Å². The molecule has 0 aromatic heterocycles. The van der Waals surface area contributed by atoms with Crippen molar-refractivity contribution >= 4 is 10.0 Å². The number of alkyl halides is 3. The molecule has 0 bridgehead atoms. The topological polar surface area (TPSA) is 40.6 Å². The second-order valence-corrected chi connectivity index (χ2v) is 10.2. The number of hydrogen-bond donors (Lipinski definition) is 0. The molecule has 28 heavy (non-hydrogen) atoms. The third kappa shape index (κ3) is 5.27. The van der Waals surface area contributed by atoms with Crippen molar-refractivity contribution in [1.29, 1.82) is 0 Å². The summed E-state index contributed by atoms with van der Waals surface area (Å²) in [4.78, 5) is 2.44. The Morgan fingerprint density at radius 1 is 1.00 bits per heavy atom. The van der Waals surface area contributed by atoms with Gasteiger partial charge in [-0.1, -0.05) is 0 Å². The molecule has 1 aromatic rings. The molecule has 1 aliphatic carbocycles. The van der Waals surface area contributed by atoms with Crippen LogP contribution < -0.4 is 0 Å². The van der Waals surface area contributed by atoms with Crippen molar-refractivity contribution < 1.29 is 21.6 Å². The predicted octanol–water partition coefficient (Wildman–Crippen LogP) is 4.23. The third-order valence-electron chi connectivity index (χ3n) is 6.09. The van der Waals surface area contributed by atoms with E-state index in [1.165, 1.54) is 37.3 Å². The van der Waals surface area contributed by atoms with E-state index >= 15 is 0 Å². The lowest BCUT2D eigenvalue weighted by molar-refractivity contribution is -0.137. The maximum absolute atomic E-state index is 12.7. The van der Waals surface area contributed by atoms with Crippen LogP contribution in [0, 0.1) is 11.8 Å². The van der Waals surface area contributed by atoms with Gasteiger partial charge >= 0.3 is 6.18 Å². The van der Waals surface area contributed by atoms with Crippen molar-refractivity contribution in [2.75, 3.05) is 33.2 Å². The molecule has 1 saturated heterocycles. The van der Waals surface area contributed by atoms with Gasteiger partial charge in [0.05, 0.1) is 10.5 Å². The van der Waals surface area contributed by atoms with Crippen LogP contribution >= 0.6 is 0 Å². The Morgan fingerprint density at radius 2 is 1.54 bits per heavy atom. The maximum atomic E-state index is 12.7. The van der Waals surface area contributed by atoms with E-state index in [9.17, 15) is 21.6 Å². The number of nitrogens with zero attached hydrogens (tertiary/aromatic N) is 2. The molecule has 1 aromatic carbocycles. The zero-order valence-electron chi connectivity index (χ0n) is 16.3. The summed E-state index contributed by atoms with van der Waals surface area (Å²) in [6.07, 6.45) is 2.37. The summed E-state index contributed by atoms with van der Waals surface area (Å²) in [5.41, 5.74) is -0.842. The molecule has 8 heteroatoms. The average Bonchev–Trinajstić information content (AvgIpc) is 3.15. The highest BCUT2D eigenvalue weighted by atomic mass is 32.2. The molecule has 1 heterocycles. The summed E-state index contributed by atoms with van der Waals surface area (Å²) >= 11 is 0. The lowest BCUT2D eigenvalue weighted by Gasteiger charge is -2.32. The Balaban J connectivity index is 1.53. The number of hydrogen-bond acceptors (Lipinski definition) is 3. The zero-order chi connectivity index (χ0) is 20.4. The minimum absolute atomic E-state index is 0.0919. The van der Waals surface area contributed by atoms with E-state index in [1.54, 1.807) is 0 Å². The van der Waals surface area contributed by atoms with E-state index in [-0.39, 0.29) is 4.90 Å². The molecule has 4 nitrogen and oxygen atoms in total. The van der Waals surface area contributed by atoms with Crippen molar-refractivity contribution in [2.45, 2.75) is 49.6 Å². The molecule has 3 rings (SSSR count). The van der Waals surface area contributed by atoms with Gasteiger partial charge in [0.15, 0.2) is 0 Å². The van der Waals surface area contributed by atoms with Crippen LogP contribution in [0.2, 0.25) is 0 Å². The van der Waals surface area contributed by atoms with Gasteiger partial charge in [0.2, 0.25) is 10.0 Å². The van der Waals surface area contributed by atoms with Gasteiger partial charge in [0.1, 0.15) is 0 Å². The summed E-state index contributed by atoms with van der Waals surface area (Å²) in [7, 11) is -2.26. The van der Waals surface area contributed by atoms with Crippen molar-refractivity contribution in [3.63, 3.8) is 0 Å². The Morgan fingerprint density at radius 3 is 2.07 bits per heavy atom. The molecule has 1 aliphatic heterocycles. The van der Waals surface area contributed by atoms with Crippen molar-refractivity contribution in [1.82, 2.24) is 9.21 Å². The van der Waals surface area contributed by atoms with Gasteiger partial charge in [-0.3, -0.25) is 0 Å². The SMILES string of the molecule is CN(CC1CCC(CN2CCCC2)CC1)S(=O)(=O)c1ccc(C(F)(F)F)cc1. The molecular formula is C20H29F3N2O2S. The molecule has 1 saturated carbocycles. The van der Waals surface area contributed by atoms with Crippen molar-refractivity contribution in [3.8, 4) is 0 Å². The number of sulfonamides is 1. The van der Waals surface area contributed by atoms with Gasteiger partial charge in [-0.2, -0.15) is 13.2 Å². The minimum Gasteiger partial charge on any atom is -0.303 e. The summed E-state index contributed by atoms with van der Waals surface area (Å²) in [6.45, 7) is 3.98. The van der Waals surface area contributed by atoms with E-state index in [0.29, 0.717) is 18.4 Å². The van der Waals surface area contributed by atoms with Crippen molar-refractivity contribution in [3.05, 3.63) is 29.8 Å². The lowest BCUT2D eigenvalue weighted by Crippen LogP contribution is -2.35. The fourth-order valence-corrected chi connectivity index (χ4v) is 5.63. The van der Waals surface area contributed by atoms with Crippen LogP contribution in [0.1, 0.15) is 44.1 Å². The van der Waals surface area contributed by atoms with Gasteiger partial charge in [0, 0.05) is 20.1 Å². The van der Waals surface area contributed by atoms with Crippen LogP contribution in [0.4, 0.5) is 13.2 Å². The highest BCUT2D eigenvalue weighted by Gasteiger charge is 2.32. The van der Waals surface area contributed by atoms with Gasteiger partial charge in [-0.15, -0.1) is 0 Å². The van der Waals surface area contributed by atoms with Crippen LogP contribution in [0.5, 0.6) is 0 Å². The second-order valence-electron chi connectivity index (χ2n) is 8.20. The molecule has 0 radical (unpaired) electrons. The molecule has 0 unspecified atom stereocenters. The monoisotopic (exact) mass is 418 g/mol. The van der Waals surface area contributed by atoms with Crippen LogP contribution in [-0.2, 0) is 16.2 Å². The molecular weight excluding hydrogens is 389 g/mol. The highest BCUT2D eigenvalue weighted by Crippen LogP contribution is 2.32. The smallest absolute Gasteiger partial charge is 0.303 e. The Hall–Kier alpha value is -1.12. The predicted molar refractivity (Wildman–Crippen MR) is 102 cm³/mol. The largest absolute Gasteiger partial charge is 0.416 e.